The zero-order valence-electron chi connectivity index (χ0n) is 5.73. The van der Waals surface area contributed by atoms with Gasteiger partial charge in [0, 0.05) is 18.6 Å². The van der Waals surface area contributed by atoms with Gasteiger partial charge in [0.1, 0.15) is 6.07 Å². The van der Waals surface area contributed by atoms with Crippen molar-refractivity contribution < 1.29 is 0 Å². The van der Waals surface area contributed by atoms with Crippen molar-refractivity contribution in [2.75, 3.05) is 0 Å². The van der Waals surface area contributed by atoms with Crippen LogP contribution in [0.1, 0.15) is 5.56 Å². The molecule has 3 heteroatoms. The van der Waals surface area contributed by atoms with Crippen LogP contribution in [0.15, 0.2) is 30.7 Å². The Bertz CT molecular complexity index is 422. The number of nitriles is 1. The van der Waals surface area contributed by atoms with E-state index in [0.29, 0.717) is 5.56 Å². The minimum atomic E-state index is 0.616. The molecule has 0 saturated carbocycles. The van der Waals surface area contributed by atoms with E-state index in [1.807, 2.05) is 22.9 Å². The molecular formula is C8H5N3. The summed E-state index contributed by atoms with van der Waals surface area (Å²) >= 11 is 0. The first kappa shape index (κ1) is 5.93. The van der Waals surface area contributed by atoms with Crippen molar-refractivity contribution in [3.8, 4) is 6.07 Å². The van der Waals surface area contributed by atoms with E-state index in [0.717, 1.165) is 5.65 Å². The molecule has 0 aliphatic carbocycles. The van der Waals surface area contributed by atoms with Gasteiger partial charge in [-0.3, -0.25) is 0 Å². The van der Waals surface area contributed by atoms with Crippen LogP contribution in [0.5, 0.6) is 0 Å². The summed E-state index contributed by atoms with van der Waals surface area (Å²) in [6.07, 6.45) is 5.36. The van der Waals surface area contributed by atoms with Gasteiger partial charge in [-0.25, -0.2) is 4.98 Å². The minimum Gasteiger partial charge on any atom is -0.307 e. The molecule has 0 bridgehead atoms. The van der Waals surface area contributed by atoms with Gasteiger partial charge in [0.2, 0.25) is 0 Å². The molecule has 0 fully saturated rings. The normalized spacial score (nSPS) is 9.73. The highest BCUT2D eigenvalue weighted by molar-refractivity contribution is 5.55. The third-order valence-corrected chi connectivity index (χ3v) is 1.54. The predicted molar refractivity (Wildman–Crippen MR) is 39.9 cm³/mol. The topological polar surface area (TPSA) is 41.1 Å². The maximum absolute atomic E-state index is 8.62. The summed E-state index contributed by atoms with van der Waals surface area (Å²) in [5.41, 5.74) is 1.33. The largest absolute Gasteiger partial charge is 0.307 e. The fourth-order valence-corrected chi connectivity index (χ4v) is 1.03. The Hall–Kier alpha value is -1.82. The van der Waals surface area contributed by atoms with E-state index in [2.05, 4.69) is 11.1 Å². The average Bonchev–Trinajstić information content (AvgIpc) is 2.47. The Balaban J connectivity index is 2.89. The molecule has 3 nitrogen and oxygen atoms in total. The molecule has 0 N–H and O–H groups in total. The van der Waals surface area contributed by atoms with Gasteiger partial charge in [-0.1, -0.05) is 0 Å². The molecule has 2 rings (SSSR count). The molecule has 0 saturated heterocycles. The first-order valence-electron chi connectivity index (χ1n) is 3.23. The van der Waals surface area contributed by atoms with Gasteiger partial charge < -0.3 is 4.40 Å². The van der Waals surface area contributed by atoms with Crippen LogP contribution < -0.4 is 0 Å². The lowest BCUT2D eigenvalue weighted by atomic mass is 10.4. The molecule has 11 heavy (non-hydrogen) atoms. The van der Waals surface area contributed by atoms with Crippen molar-refractivity contribution in [2.45, 2.75) is 0 Å². The third-order valence-electron chi connectivity index (χ3n) is 1.54. The average molecular weight is 143 g/mol. The first-order valence-corrected chi connectivity index (χ1v) is 3.23. The Morgan fingerprint density at radius 3 is 3.18 bits per heavy atom. The van der Waals surface area contributed by atoms with Gasteiger partial charge in [0.05, 0.1) is 5.56 Å². The lowest BCUT2D eigenvalue weighted by molar-refractivity contribution is 1.13. The van der Waals surface area contributed by atoms with Crippen LogP contribution in [0, 0.1) is 11.3 Å². The van der Waals surface area contributed by atoms with Crippen molar-refractivity contribution in [2.24, 2.45) is 0 Å². The molecule has 0 amide bonds. The van der Waals surface area contributed by atoms with Gasteiger partial charge >= 0.3 is 0 Å². The highest BCUT2D eigenvalue weighted by Gasteiger charge is 1.99. The lowest BCUT2D eigenvalue weighted by Crippen LogP contribution is -1.84. The zero-order chi connectivity index (χ0) is 7.68. The molecule has 2 heterocycles. The van der Waals surface area contributed by atoms with Crippen molar-refractivity contribution in [1.29, 1.82) is 5.26 Å². The van der Waals surface area contributed by atoms with E-state index in [4.69, 9.17) is 5.26 Å². The van der Waals surface area contributed by atoms with Gasteiger partial charge in [0.25, 0.3) is 0 Å². The van der Waals surface area contributed by atoms with Crippen molar-refractivity contribution in [3.63, 3.8) is 0 Å². The maximum atomic E-state index is 8.62. The van der Waals surface area contributed by atoms with Gasteiger partial charge in [-0.05, 0) is 12.1 Å². The van der Waals surface area contributed by atoms with E-state index in [-0.39, 0.29) is 0 Å². The summed E-state index contributed by atoms with van der Waals surface area (Å²) in [5, 5.41) is 8.62. The molecular weight excluding hydrogens is 138 g/mol. The highest BCUT2D eigenvalue weighted by Crippen LogP contribution is 2.06. The van der Waals surface area contributed by atoms with Crippen LogP contribution in [0.4, 0.5) is 0 Å². The van der Waals surface area contributed by atoms with Crippen LogP contribution in [0.2, 0.25) is 0 Å². The second-order valence-electron chi connectivity index (χ2n) is 2.19. The molecule has 2 aromatic heterocycles. The third kappa shape index (κ3) is 0.767. The monoisotopic (exact) mass is 143 g/mol. The van der Waals surface area contributed by atoms with Crippen LogP contribution in [0.25, 0.3) is 5.65 Å². The molecule has 0 radical (unpaired) electrons. The quantitative estimate of drug-likeness (QED) is 0.556. The summed E-state index contributed by atoms with van der Waals surface area (Å²) in [6, 6.07) is 5.65. The molecule has 2 aromatic rings. The summed E-state index contributed by atoms with van der Waals surface area (Å²) in [7, 11) is 0. The summed E-state index contributed by atoms with van der Waals surface area (Å²) in [6.45, 7) is 0. The van der Waals surface area contributed by atoms with Crippen molar-refractivity contribution in [1.82, 2.24) is 9.38 Å². The molecule has 52 valence electrons. The summed E-state index contributed by atoms with van der Waals surface area (Å²) in [5.74, 6) is 0. The van der Waals surface area contributed by atoms with Crippen molar-refractivity contribution in [3.05, 3.63) is 36.3 Å². The minimum absolute atomic E-state index is 0.616. The van der Waals surface area contributed by atoms with Gasteiger partial charge in [0.15, 0.2) is 5.65 Å². The predicted octanol–water partition coefficient (Wildman–Crippen LogP) is 1.21. The van der Waals surface area contributed by atoms with Gasteiger partial charge in [-0.2, -0.15) is 5.26 Å². The van der Waals surface area contributed by atoms with Crippen molar-refractivity contribution >= 4 is 5.65 Å². The van der Waals surface area contributed by atoms with E-state index in [1.165, 1.54) is 0 Å². The number of fused-ring (bicyclic) bond motifs is 1. The SMILES string of the molecule is N#Cc1ccn2cccnc12. The maximum Gasteiger partial charge on any atom is 0.154 e. The lowest BCUT2D eigenvalue weighted by Gasteiger charge is -1.89. The Morgan fingerprint density at radius 1 is 1.45 bits per heavy atom. The Labute approximate surface area is 63.5 Å². The molecule has 0 atom stereocenters. The number of hydrogen-bond donors (Lipinski definition) is 0. The van der Waals surface area contributed by atoms with Crippen LogP contribution in [0.3, 0.4) is 0 Å². The van der Waals surface area contributed by atoms with Crippen LogP contribution in [-0.2, 0) is 0 Å². The standard InChI is InChI=1S/C8H5N3/c9-6-7-2-5-11-4-1-3-10-8(7)11/h1-5H. The highest BCUT2D eigenvalue weighted by atomic mass is 15.0. The number of aromatic nitrogens is 2. The summed E-state index contributed by atoms with van der Waals surface area (Å²) < 4.78 is 1.82. The molecule has 0 aliphatic rings. The number of nitrogens with zero attached hydrogens (tertiary/aromatic N) is 3. The van der Waals surface area contributed by atoms with E-state index < -0.39 is 0 Å². The fourth-order valence-electron chi connectivity index (χ4n) is 1.03. The molecule has 0 aromatic carbocycles. The number of rotatable bonds is 0. The van der Waals surface area contributed by atoms with Gasteiger partial charge in [-0.15, -0.1) is 0 Å². The van der Waals surface area contributed by atoms with Crippen LogP contribution >= 0.6 is 0 Å². The van der Waals surface area contributed by atoms with E-state index >= 15 is 0 Å². The Morgan fingerprint density at radius 2 is 2.36 bits per heavy atom. The van der Waals surface area contributed by atoms with Crippen LogP contribution in [-0.4, -0.2) is 9.38 Å². The second-order valence-corrected chi connectivity index (χ2v) is 2.19. The number of hydrogen-bond acceptors (Lipinski definition) is 2. The van der Waals surface area contributed by atoms with E-state index in [9.17, 15) is 0 Å². The zero-order valence-corrected chi connectivity index (χ0v) is 5.73. The first-order chi connectivity index (χ1) is 5.42. The molecule has 0 aliphatic heterocycles. The van der Waals surface area contributed by atoms with E-state index in [1.54, 1.807) is 12.3 Å². The fraction of sp³-hybridized carbons (Fsp3) is 0. The molecule has 0 spiro atoms. The second kappa shape index (κ2) is 2.10. The smallest absolute Gasteiger partial charge is 0.154 e. The Kier molecular flexibility index (Phi) is 1.13. The summed E-state index contributed by atoms with van der Waals surface area (Å²) in [4.78, 5) is 4.05. The molecule has 0 unspecified atom stereocenters.